The number of esters is 1. The molecule has 4 rings (SSSR count). The standard InChI is InChI=1S/C28H30ClNO5/c1-5-12-35-28(32)25-16(2)30-21-13-19(17-6-9-20(29)10-7-17)14-22(31)27(21)26(25)18-8-11-23(33-3)24(15-18)34-4/h6-11,15,19,26,30H,5,12-14H2,1-4H3. The number of ether oxygens (including phenoxy) is 3. The van der Waals surface area contributed by atoms with Gasteiger partial charge in [-0.05, 0) is 61.1 Å². The van der Waals surface area contributed by atoms with Gasteiger partial charge in [-0.3, -0.25) is 4.79 Å². The highest BCUT2D eigenvalue weighted by Crippen LogP contribution is 2.47. The van der Waals surface area contributed by atoms with Gasteiger partial charge >= 0.3 is 5.97 Å². The van der Waals surface area contributed by atoms with Gasteiger partial charge in [0.1, 0.15) is 0 Å². The summed E-state index contributed by atoms with van der Waals surface area (Å²) in [5.41, 5.74) is 4.42. The average Bonchev–Trinajstić information content (AvgIpc) is 2.86. The van der Waals surface area contributed by atoms with Crippen LogP contribution in [0.25, 0.3) is 0 Å². The summed E-state index contributed by atoms with van der Waals surface area (Å²) in [6.07, 6.45) is 1.71. The number of Topliss-reactive ketones (excluding diaryl/α,β-unsaturated/α-hetero) is 1. The molecule has 6 nitrogen and oxygen atoms in total. The quantitative estimate of drug-likeness (QED) is 0.499. The lowest BCUT2D eigenvalue weighted by Gasteiger charge is -2.36. The highest BCUT2D eigenvalue weighted by atomic mass is 35.5. The number of allylic oxidation sites excluding steroid dienone is 3. The zero-order valence-electron chi connectivity index (χ0n) is 20.4. The van der Waals surface area contributed by atoms with Gasteiger partial charge in [0.05, 0.1) is 26.4 Å². The summed E-state index contributed by atoms with van der Waals surface area (Å²) in [5, 5.41) is 4.03. The van der Waals surface area contributed by atoms with Gasteiger partial charge in [-0.15, -0.1) is 0 Å². The van der Waals surface area contributed by atoms with Crippen LogP contribution in [-0.4, -0.2) is 32.6 Å². The minimum Gasteiger partial charge on any atom is -0.493 e. The van der Waals surface area contributed by atoms with E-state index in [4.69, 9.17) is 25.8 Å². The summed E-state index contributed by atoms with van der Waals surface area (Å²) >= 11 is 6.07. The van der Waals surface area contributed by atoms with Crippen LogP contribution in [0, 0.1) is 0 Å². The van der Waals surface area contributed by atoms with Gasteiger partial charge in [0.2, 0.25) is 0 Å². The number of dihydropyridines is 1. The number of rotatable bonds is 7. The van der Waals surface area contributed by atoms with Crippen molar-refractivity contribution >= 4 is 23.4 Å². The van der Waals surface area contributed by atoms with Crippen molar-refractivity contribution in [1.82, 2.24) is 5.32 Å². The summed E-state index contributed by atoms with van der Waals surface area (Å²) in [6, 6.07) is 13.1. The Kier molecular flexibility index (Phi) is 7.51. The SMILES string of the molecule is CCCOC(=O)C1=C(C)NC2=C(C(=O)CC(c3ccc(Cl)cc3)C2)C1c1ccc(OC)c(OC)c1. The van der Waals surface area contributed by atoms with Crippen LogP contribution in [0.4, 0.5) is 0 Å². The van der Waals surface area contributed by atoms with E-state index in [0.29, 0.717) is 59.2 Å². The van der Waals surface area contributed by atoms with Crippen molar-refractivity contribution in [1.29, 1.82) is 0 Å². The highest BCUT2D eigenvalue weighted by Gasteiger charge is 2.41. The molecule has 0 aromatic heterocycles. The van der Waals surface area contributed by atoms with Crippen LogP contribution in [0.2, 0.25) is 5.02 Å². The molecule has 0 bridgehead atoms. The van der Waals surface area contributed by atoms with Crippen molar-refractivity contribution in [2.75, 3.05) is 20.8 Å². The van der Waals surface area contributed by atoms with Gasteiger partial charge in [-0.2, -0.15) is 0 Å². The predicted octanol–water partition coefficient (Wildman–Crippen LogP) is 5.67. The lowest BCUT2D eigenvalue weighted by molar-refractivity contribution is -0.139. The molecule has 2 aromatic carbocycles. The number of methoxy groups -OCH3 is 2. The number of hydrogen-bond acceptors (Lipinski definition) is 6. The molecule has 0 fully saturated rings. The third-order valence-electron chi connectivity index (χ3n) is 6.57. The summed E-state index contributed by atoms with van der Waals surface area (Å²) in [4.78, 5) is 26.9. The molecule has 184 valence electrons. The molecule has 2 aromatic rings. The van der Waals surface area contributed by atoms with Crippen LogP contribution < -0.4 is 14.8 Å². The van der Waals surface area contributed by atoms with Gasteiger partial charge in [0, 0.05) is 34.3 Å². The van der Waals surface area contributed by atoms with Crippen molar-refractivity contribution in [3.05, 3.63) is 81.2 Å². The topological polar surface area (TPSA) is 73.9 Å². The van der Waals surface area contributed by atoms with Crippen LogP contribution in [0.5, 0.6) is 11.5 Å². The molecule has 0 radical (unpaired) electrons. The Morgan fingerprint density at radius 2 is 1.71 bits per heavy atom. The summed E-state index contributed by atoms with van der Waals surface area (Å²) in [5.74, 6) is 0.162. The molecule has 7 heteroatoms. The number of carbonyl (C=O) groups excluding carboxylic acids is 2. The van der Waals surface area contributed by atoms with Crippen LogP contribution in [0.15, 0.2) is 65.0 Å². The van der Waals surface area contributed by atoms with Gasteiger partial charge in [0.25, 0.3) is 0 Å². The lowest BCUT2D eigenvalue weighted by atomic mass is 9.71. The minimum atomic E-state index is -0.561. The van der Waals surface area contributed by atoms with E-state index < -0.39 is 11.9 Å². The molecule has 35 heavy (non-hydrogen) atoms. The largest absolute Gasteiger partial charge is 0.493 e. The fourth-order valence-electron chi connectivity index (χ4n) is 4.92. The fourth-order valence-corrected chi connectivity index (χ4v) is 5.04. The first-order valence-electron chi connectivity index (χ1n) is 11.8. The minimum absolute atomic E-state index is 0.00627. The molecule has 0 amide bonds. The third kappa shape index (κ3) is 4.94. The summed E-state index contributed by atoms with van der Waals surface area (Å²) < 4.78 is 16.4. The summed E-state index contributed by atoms with van der Waals surface area (Å²) in [7, 11) is 3.14. The maximum atomic E-state index is 13.7. The molecule has 0 saturated heterocycles. The molecule has 1 heterocycles. The molecular formula is C28H30ClNO5. The van der Waals surface area contributed by atoms with Crippen molar-refractivity contribution in [3.8, 4) is 11.5 Å². The van der Waals surface area contributed by atoms with E-state index in [1.807, 2.05) is 50.2 Å². The number of carbonyl (C=O) groups is 2. The van der Waals surface area contributed by atoms with E-state index >= 15 is 0 Å². The van der Waals surface area contributed by atoms with E-state index in [2.05, 4.69) is 5.32 Å². The van der Waals surface area contributed by atoms with Gasteiger partial charge in [-0.25, -0.2) is 4.79 Å². The van der Waals surface area contributed by atoms with E-state index in [1.165, 1.54) is 0 Å². The number of nitrogens with one attached hydrogen (secondary N) is 1. The monoisotopic (exact) mass is 495 g/mol. The molecule has 1 aliphatic carbocycles. The zero-order chi connectivity index (χ0) is 25.1. The third-order valence-corrected chi connectivity index (χ3v) is 6.82. The Balaban J connectivity index is 1.80. The van der Waals surface area contributed by atoms with Crippen molar-refractivity contribution in [3.63, 3.8) is 0 Å². The Labute approximate surface area is 210 Å². The first kappa shape index (κ1) is 24.9. The first-order chi connectivity index (χ1) is 16.9. The highest BCUT2D eigenvalue weighted by molar-refractivity contribution is 6.30. The van der Waals surface area contributed by atoms with Crippen LogP contribution >= 0.6 is 11.6 Å². The van der Waals surface area contributed by atoms with Gasteiger partial charge in [0.15, 0.2) is 17.3 Å². The maximum absolute atomic E-state index is 13.7. The van der Waals surface area contributed by atoms with Gasteiger partial charge < -0.3 is 19.5 Å². The van der Waals surface area contributed by atoms with E-state index in [0.717, 1.165) is 16.8 Å². The van der Waals surface area contributed by atoms with Crippen molar-refractivity contribution in [2.45, 2.75) is 44.9 Å². The number of hydrogen-bond donors (Lipinski definition) is 1. The van der Waals surface area contributed by atoms with E-state index in [-0.39, 0.29) is 11.7 Å². The maximum Gasteiger partial charge on any atom is 0.336 e. The molecule has 0 saturated carbocycles. The zero-order valence-corrected chi connectivity index (χ0v) is 21.2. The number of ketones is 1. The molecule has 1 N–H and O–H groups in total. The Bertz CT molecular complexity index is 1200. The molecular weight excluding hydrogens is 466 g/mol. The second-order valence-corrected chi connectivity index (χ2v) is 9.26. The summed E-state index contributed by atoms with van der Waals surface area (Å²) in [6.45, 7) is 4.12. The fraction of sp³-hybridized carbons (Fsp3) is 0.357. The first-order valence-corrected chi connectivity index (χ1v) is 12.1. The van der Waals surface area contributed by atoms with Crippen LogP contribution in [0.3, 0.4) is 0 Å². The number of halogens is 1. The molecule has 2 unspecified atom stereocenters. The Morgan fingerprint density at radius 3 is 2.37 bits per heavy atom. The molecule has 1 aliphatic heterocycles. The van der Waals surface area contributed by atoms with E-state index in [9.17, 15) is 9.59 Å². The lowest BCUT2D eigenvalue weighted by Crippen LogP contribution is -2.36. The average molecular weight is 496 g/mol. The van der Waals surface area contributed by atoms with Crippen molar-refractivity contribution in [2.24, 2.45) is 0 Å². The normalized spacial score (nSPS) is 19.7. The van der Waals surface area contributed by atoms with Crippen LogP contribution in [-0.2, 0) is 14.3 Å². The second kappa shape index (κ2) is 10.6. The second-order valence-electron chi connectivity index (χ2n) is 8.82. The van der Waals surface area contributed by atoms with Gasteiger partial charge in [-0.1, -0.05) is 36.7 Å². The smallest absolute Gasteiger partial charge is 0.336 e. The number of benzene rings is 2. The molecule has 2 aliphatic rings. The Hall–Kier alpha value is -3.25. The molecule has 2 atom stereocenters. The predicted molar refractivity (Wildman–Crippen MR) is 135 cm³/mol. The molecule has 0 spiro atoms. The van der Waals surface area contributed by atoms with Crippen LogP contribution in [0.1, 0.15) is 56.1 Å². The van der Waals surface area contributed by atoms with Crippen molar-refractivity contribution < 1.29 is 23.8 Å². The Morgan fingerprint density at radius 1 is 1.03 bits per heavy atom. The van der Waals surface area contributed by atoms with E-state index in [1.54, 1.807) is 20.3 Å².